The van der Waals surface area contributed by atoms with Crippen molar-refractivity contribution in [3.63, 3.8) is 0 Å². The molecule has 2 aromatic heterocycles. The van der Waals surface area contributed by atoms with Crippen LogP contribution in [-0.2, 0) is 6.42 Å². The Labute approximate surface area is 148 Å². The summed E-state index contributed by atoms with van der Waals surface area (Å²) < 4.78 is 34.4. The highest BCUT2D eigenvalue weighted by molar-refractivity contribution is 5.95. The average molecular weight is 358 g/mol. The van der Waals surface area contributed by atoms with Crippen LogP contribution >= 0.6 is 0 Å². The van der Waals surface area contributed by atoms with Crippen LogP contribution in [0.2, 0.25) is 0 Å². The largest absolute Gasteiger partial charge is 0.444 e. The minimum atomic E-state index is -2.90. The Bertz CT molecular complexity index is 909. The number of rotatable bonds is 7. The molecule has 0 bridgehead atoms. The van der Waals surface area contributed by atoms with Crippen molar-refractivity contribution in [3.8, 4) is 17.2 Å². The zero-order chi connectivity index (χ0) is 18.5. The third-order valence-electron chi connectivity index (χ3n) is 3.74. The molecule has 0 fully saturated rings. The highest BCUT2D eigenvalue weighted by Crippen LogP contribution is 2.24. The first-order chi connectivity index (χ1) is 12.5. The van der Waals surface area contributed by atoms with Gasteiger partial charge in [0.05, 0.1) is 5.69 Å². The summed E-state index contributed by atoms with van der Waals surface area (Å²) in [6, 6.07) is 9.71. The van der Waals surface area contributed by atoms with Crippen molar-refractivity contribution < 1.29 is 22.7 Å². The Morgan fingerprint density at radius 1 is 1.27 bits per heavy atom. The second-order valence-corrected chi connectivity index (χ2v) is 5.64. The van der Waals surface area contributed by atoms with Crippen molar-refractivity contribution in [2.24, 2.45) is 0 Å². The number of halogens is 2. The quantitative estimate of drug-likeness (QED) is 0.583. The molecule has 0 amide bonds. The van der Waals surface area contributed by atoms with Crippen molar-refractivity contribution in [1.29, 1.82) is 0 Å². The first kappa shape index (κ1) is 17.7. The Balaban J connectivity index is 1.67. The zero-order valence-electron chi connectivity index (χ0n) is 14.0. The molecule has 0 atom stereocenters. The van der Waals surface area contributed by atoms with E-state index in [1.165, 1.54) is 18.4 Å². The summed E-state index contributed by atoms with van der Waals surface area (Å²) >= 11 is 0. The fourth-order valence-corrected chi connectivity index (χ4v) is 2.50. The minimum absolute atomic E-state index is 0.0260. The normalized spacial score (nSPS) is 10.9. The Hall–Kier alpha value is -3.09. The van der Waals surface area contributed by atoms with Crippen LogP contribution in [0.3, 0.4) is 0 Å². The molecular formula is C19H16F2N2O3. The molecule has 26 heavy (non-hydrogen) atoms. The first-order valence-electron chi connectivity index (χ1n) is 7.97. The van der Waals surface area contributed by atoms with Gasteiger partial charge in [-0.05, 0) is 36.8 Å². The number of hydrogen-bond acceptors (Lipinski definition) is 5. The predicted molar refractivity (Wildman–Crippen MR) is 90.2 cm³/mol. The van der Waals surface area contributed by atoms with Crippen molar-refractivity contribution in [1.82, 2.24) is 9.97 Å². The van der Waals surface area contributed by atoms with Gasteiger partial charge in [-0.2, -0.15) is 8.78 Å². The lowest BCUT2D eigenvalue weighted by molar-refractivity contribution is -0.0498. The predicted octanol–water partition coefficient (Wildman–Crippen LogP) is 4.46. The summed E-state index contributed by atoms with van der Waals surface area (Å²) in [6.45, 7) is -1.06. The van der Waals surface area contributed by atoms with Crippen molar-refractivity contribution in [2.75, 3.05) is 0 Å². The molecule has 3 rings (SSSR count). The number of Topliss-reactive ketones (excluding diaryl/α,β-unsaturated/α-hetero) is 1. The van der Waals surface area contributed by atoms with Gasteiger partial charge in [-0.25, -0.2) is 4.98 Å². The second kappa shape index (κ2) is 7.86. The number of hydrogen-bond donors (Lipinski definition) is 0. The topological polar surface area (TPSA) is 65.2 Å². The van der Waals surface area contributed by atoms with Crippen LogP contribution in [0.4, 0.5) is 8.78 Å². The molecule has 7 heteroatoms. The number of pyridine rings is 1. The van der Waals surface area contributed by atoms with E-state index in [4.69, 9.17) is 4.42 Å². The van der Waals surface area contributed by atoms with Gasteiger partial charge in [-0.1, -0.05) is 12.1 Å². The Morgan fingerprint density at radius 2 is 2.12 bits per heavy atom. The standard InChI is InChI=1S/C19H16F2N2O3/c1-12-4-3-9-22-17(12)16(24)8-7-14-11-25-18(23-14)13-5-2-6-15(10-13)26-19(20)21/h2-6,9-11,19H,7-8H2,1H3. The molecule has 0 N–H and O–H groups in total. The molecule has 0 spiro atoms. The number of oxazole rings is 1. The molecule has 0 unspecified atom stereocenters. The van der Waals surface area contributed by atoms with Crippen LogP contribution in [0.25, 0.3) is 11.5 Å². The number of alkyl halides is 2. The average Bonchev–Trinajstić information content (AvgIpc) is 3.09. The number of benzene rings is 1. The van der Waals surface area contributed by atoms with Gasteiger partial charge >= 0.3 is 6.61 Å². The van der Waals surface area contributed by atoms with Crippen molar-refractivity contribution >= 4 is 5.78 Å². The van der Waals surface area contributed by atoms with Crippen molar-refractivity contribution in [2.45, 2.75) is 26.4 Å². The van der Waals surface area contributed by atoms with E-state index < -0.39 is 6.61 Å². The fraction of sp³-hybridized carbons (Fsp3) is 0.211. The third-order valence-corrected chi connectivity index (χ3v) is 3.74. The maximum atomic E-state index is 12.3. The molecule has 2 heterocycles. The summed E-state index contributed by atoms with van der Waals surface area (Å²) in [7, 11) is 0. The van der Waals surface area contributed by atoms with E-state index in [1.54, 1.807) is 24.4 Å². The number of aromatic nitrogens is 2. The first-order valence-corrected chi connectivity index (χ1v) is 7.97. The van der Waals surface area contributed by atoms with Gasteiger partial charge in [0.25, 0.3) is 0 Å². The molecule has 0 aliphatic rings. The minimum Gasteiger partial charge on any atom is -0.444 e. The monoisotopic (exact) mass is 358 g/mol. The maximum absolute atomic E-state index is 12.3. The molecular weight excluding hydrogens is 342 g/mol. The summed E-state index contributed by atoms with van der Waals surface area (Å²) in [5, 5.41) is 0. The van der Waals surface area contributed by atoms with E-state index >= 15 is 0 Å². The van der Waals surface area contributed by atoms with E-state index in [1.807, 2.05) is 13.0 Å². The summed E-state index contributed by atoms with van der Waals surface area (Å²) in [4.78, 5) is 20.7. The smallest absolute Gasteiger partial charge is 0.387 e. The number of nitrogens with zero attached hydrogens (tertiary/aromatic N) is 2. The highest BCUT2D eigenvalue weighted by atomic mass is 19.3. The molecule has 1 aromatic carbocycles. The lowest BCUT2D eigenvalue weighted by atomic mass is 10.1. The summed E-state index contributed by atoms with van der Waals surface area (Å²) in [5.74, 6) is 0.235. The van der Waals surface area contributed by atoms with E-state index in [-0.39, 0.29) is 23.8 Å². The highest BCUT2D eigenvalue weighted by Gasteiger charge is 2.13. The molecule has 5 nitrogen and oxygen atoms in total. The van der Waals surface area contributed by atoms with E-state index in [0.717, 1.165) is 5.56 Å². The van der Waals surface area contributed by atoms with Gasteiger partial charge in [-0.3, -0.25) is 9.78 Å². The Morgan fingerprint density at radius 3 is 2.88 bits per heavy atom. The van der Waals surface area contributed by atoms with E-state index in [0.29, 0.717) is 23.4 Å². The van der Waals surface area contributed by atoms with Gasteiger partial charge in [0.2, 0.25) is 5.89 Å². The third kappa shape index (κ3) is 4.30. The number of carbonyl (C=O) groups is 1. The van der Waals surface area contributed by atoms with Crippen LogP contribution in [0.5, 0.6) is 5.75 Å². The van der Waals surface area contributed by atoms with Crippen LogP contribution in [0.1, 0.15) is 28.2 Å². The molecule has 0 saturated carbocycles. The fourth-order valence-electron chi connectivity index (χ4n) is 2.50. The second-order valence-electron chi connectivity index (χ2n) is 5.64. The summed E-state index contributed by atoms with van der Waals surface area (Å²) in [5.41, 5.74) is 2.39. The lowest BCUT2D eigenvalue weighted by Gasteiger charge is -2.04. The molecule has 0 aliphatic heterocycles. The van der Waals surface area contributed by atoms with E-state index in [9.17, 15) is 13.6 Å². The van der Waals surface area contributed by atoms with Gasteiger partial charge in [0.15, 0.2) is 5.78 Å². The van der Waals surface area contributed by atoms with Crippen LogP contribution in [0, 0.1) is 6.92 Å². The van der Waals surface area contributed by atoms with E-state index in [2.05, 4.69) is 14.7 Å². The number of ether oxygens (including phenoxy) is 1. The molecule has 3 aromatic rings. The van der Waals surface area contributed by atoms with Gasteiger partial charge in [0.1, 0.15) is 17.7 Å². The lowest BCUT2D eigenvalue weighted by Crippen LogP contribution is -2.06. The molecule has 134 valence electrons. The van der Waals surface area contributed by atoms with Crippen LogP contribution < -0.4 is 4.74 Å². The van der Waals surface area contributed by atoms with Gasteiger partial charge < -0.3 is 9.15 Å². The molecule has 0 aliphatic carbocycles. The van der Waals surface area contributed by atoms with Gasteiger partial charge in [-0.15, -0.1) is 0 Å². The number of carbonyl (C=O) groups excluding carboxylic acids is 1. The number of aryl methyl sites for hydroxylation is 2. The molecule has 0 radical (unpaired) electrons. The SMILES string of the molecule is Cc1cccnc1C(=O)CCc1coc(-c2cccc(OC(F)F)c2)n1. The summed E-state index contributed by atoms with van der Waals surface area (Å²) in [6.07, 6.45) is 3.68. The maximum Gasteiger partial charge on any atom is 0.387 e. The van der Waals surface area contributed by atoms with Crippen LogP contribution in [-0.4, -0.2) is 22.4 Å². The Kier molecular flexibility index (Phi) is 5.36. The molecule has 0 saturated heterocycles. The zero-order valence-corrected chi connectivity index (χ0v) is 14.0. The number of ketones is 1. The van der Waals surface area contributed by atoms with Crippen LogP contribution in [0.15, 0.2) is 53.3 Å². The van der Waals surface area contributed by atoms with Crippen molar-refractivity contribution in [3.05, 3.63) is 65.8 Å². The van der Waals surface area contributed by atoms with Gasteiger partial charge in [0, 0.05) is 24.6 Å².